The van der Waals surface area contributed by atoms with Crippen LogP contribution in [0, 0.1) is 0 Å². The molecule has 0 unspecified atom stereocenters. The summed E-state index contributed by atoms with van der Waals surface area (Å²) < 4.78 is 33.2. The number of benzene rings is 4. The monoisotopic (exact) mass is 644 g/mol. The summed E-state index contributed by atoms with van der Waals surface area (Å²) in [7, 11) is -4.12. The van der Waals surface area contributed by atoms with Gasteiger partial charge in [0, 0.05) is 10.7 Å². The second-order valence-electron chi connectivity index (χ2n) is 8.63. The summed E-state index contributed by atoms with van der Waals surface area (Å²) in [5.74, 6) is -0.599. The third-order valence-electron chi connectivity index (χ3n) is 5.57. The topological polar surface area (TPSA) is 117 Å². The van der Waals surface area contributed by atoms with E-state index < -0.39 is 22.5 Å². The van der Waals surface area contributed by atoms with Gasteiger partial charge in [-0.2, -0.15) is 5.10 Å². The Morgan fingerprint density at radius 3 is 2.26 bits per heavy atom. The molecule has 9 nitrogen and oxygen atoms in total. The number of nitrogens with zero attached hydrogens (tertiary/aromatic N) is 2. The van der Waals surface area contributed by atoms with Gasteiger partial charge in [0.2, 0.25) is 0 Å². The lowest BCUT2D eigenvalue weighted by Crippen LogP contribution is -2.39. The van der Waals surface area contributed by atoms with Gasteiger partial charge >= 0.3 is 0 Å². The number of halogens is 3. The molecule has 0 fully saturated rings. The van der Waals surface area contributed by atoms with Crippen LogP contribution in [0.15, 0.2) is 107 Å². The van der Waals surface area contributed by atoms with E-state index >= 15 is 0 Å². The maximum Gasteiger partial charge on any atom is 0.264 e. The Morgan fingerprint density at radius 1 is 0.833 bits per heavy atom. The summed E-state index contributed by atoms with van der Waals surface area (Å²) in [5.41, 5.74) is 3.66. The number of hydrazone groups is 1. The third kappa shape index (κ3) is 8.46. The van der Waals surface area contributed by atoms with Crippen molar-refractivity contribution in [1.29, 1.82) is 0 Å². The average Bonchev–Trinajstić information content (AvgIpc) is 2.97. The average molecular weight is 646 g/mol. The minimum Gasteiger partial charge on any atom is -0.484 e. The number of carbonyl (C=O) groups is 2. The molecule has 216 valence electrons. The number of hydrogen-bond acceptors (Lipinski definition) is 6. The van der Waals surface area contributed by atoms with Gasteiger partial charge in [-0.1, -0.05) is 59.1 Å². The molecule has 4 aromatic carbocycles. The second kappa shape index (κ2) is 14.2. The van der Waals surface area contributed by atoms with Crippen molar-refractivity contribution in [3.8, 4) is 5.75 Å². The zero-order valence-electron chi connectivity index (χ0n) is 21.7. The number of sulfonamides is 1. The Bertz CT molecular complexity index is 1700. The number of amides is 2. The number of rotatable bonds is 11. The summed E-state index contributed by atoms with van der Waals surface area (Å²) >= 11 is 18.0. The van der Waals surface area contributed by atoms with Crippen molar-refractivity contribution < 1.29 is 22.7 Å². The molecule has 0 atom stereocenters. The van der Waals surface area contributed by atoms with Crippen LogP contribution in [-0.2, 0) is 19.6 Å². The van der Waals surface area contributed by atoms with E-state index in [2.05, 4.69) is 15.8 Å². The first-order valence-corrected chi connectivity index (χ1v) is 14.8. The van der Waals surface area contributed by atoms with Gasteiger partial charge in [-0.25, -0.2) is 13.8 Å². The molecule has 2 amide bonds. The lowest BCUT2D eigenvalue weighted by molar-refractivity contribution is -0.119. The molecule has 0 saturated heterocycles. The minimum atomic E-state index is -4.12. The van der Waals surface area contributed by atoms with Gasteiger partial charge in [-0.05, 0) is 78.4 Å². The molecule has 4 aromatic rings. The molecule has 0 heterocycles. The van der Waals surface area contributed by atoms with Gasteiger partial charge in [-0.15, -0.1) is 0 Å². The first-order valence-electron chi connectivity index (χ1n) is 12.2. The third-order valence-corrected chi connectivity index (χ3v) is 8.33. The number of carbonyl (C=O) groups excluding carboxylic acids is 2. The Labute approximate surface area is 257 Å². The minimum absolute atomic E-state index is 0.00312. The Morgan fingerprint density at radius 2 is 1.57 bits per heavy atom. The predicted molar refractivity (Wildman–Crippen MR) is 165 cm³/mol. The van der Waals surface area contributed by atoms with Crippen molar-refractivity contribution in [2.24, 2.45) is 5.10 Å². The van der Waals surface area contributed by atoms with Crippen molar-refractivity contribution in [3.05, 3.63) is 118 Å². The highest BCUT2D eigenvalue weighted by Gasteiger charge is 2.27. The van der Waals surface area contributed by atoms with Gasteiger partial charge in [0.15, 0.2) is 6.61 Å². The van der Waals surface area contributed by atoms with Gasteiger partial charge in [-0.3, -0.25) is 13.9 Å². The van der Waals surface area contributed by atoms with Gasteiger partial charge < -0.3 is 10.1 Å². The van der Waals surface area contributed by atoms with E-state index in [0.717, 1.165) is 4.31 Å². The number of hydrogen-bond donors (Lipinski definition) is 2. The molecule has 0 aliphatic rings. The van der Waals surface area contributed by atoms with Crippen molar-refractivity contribution in [1.82, 2.24) is 5.43 Å². The van der Waals surface area contributed by atoms with E-state index in [1.807, 2.05) is 0 Å². The first-order chi connectivity index (χ1) is 20.1. The van der Waals surface area contributed by atoms with Crippen LogP contribution in [0.3, 0.4) is 0 Å². The highest BCUT2D eigenvalue weighted by atomic mass is 35.5. The molecular weight excluding hydrogens is 623 g/mol. The fourth-order valence-electron chi connectivity index (χ4n) is 3.58. The van der Waals surface area contributed by atoms with Gasteiger partial charge in [0.1, 0.15) is 12.3 Å². The van der Waals surface area contributed by atoms with Crippen LogP contribution in [0.4, 0.5) is 11.4 Å². The van der Waals surface area contributed by atoms with Crippen LogP contribution in [0.5, 0.6) is 5.75 Å². The van der Waals surface area contributed by atoms with Gasteiger partial charge in [0.05, 0.1) is 26.8 Å². The lowest BCUT2D eigenvalue weighted by Gasteiger charge is -2.24. The Kier molecular flexibility index (Phi) is 10.4. The van der Waals surface area contributed by atoms with E-state index in [0.29, 0.717) is 22.0 Å². The SMILES string of the molecule is O=C(CN(c1ccc(Cl)c(Cl)c1)S(=O)(=O)c1ccccc1)N/N=C\c1ccc(OCC(=O)Nc2cccc(Cl)c2)cc1. The fraction of sp³-hybridized carbons (Fsp3) is 0.0690. The van der Waals surface area contributed by atoms with E-state index in [1.54, 1.807) is 66.7 Å². The lowest BCUT2D eigenvalue weighted by atomic mass is 10.2. The standard InChI is InChI=1S/C29H23Cl3N4O5S/c30-21-5-4-6-22(15-21)34-29(38)19-41-24-12-9-20(10-13-24)17-33-35-28(37)18-36(23-11-14-26(31)27(32)16-23)42(39,40)25-7-2-1-3-8-25/h1-17H,18-19H2,(H,34,38)(H,35,37)/b33-17-. The van der Waals surface area contributed by atoms with Crippen LogP contribution in [-0.4, -0.2) is 39.6 Å². The number of nitrogens with one attached hydrogen (secondary N) is 2. The summed E-state index contributed by atoms with van der Waals surface area (Å²) in [6, 6.07) is 25.3. The molecule has 0 aromatic heterocycles. The quantitative estimate of drug-likeness (QED) is 0.153. The highest BCUT2D eigenvalue weighted by molar-refractivity contribution is 7.92. The second-order valence-corrected chi connectivity index (χ2v) is 11.7. The highest BCUT2D eigenvalue weighted by Crippen LogP contribution is 2.30. The predicted octanol–water partition coefficient (Wildman–Crippen LogP) is 6.01. The molecule has 42 heavy (non-hydrogen) atoms. The molecular formula is C29H23Cl3N4O5S. The zero-order chi connectivity index (χ0) is 30.1. The molecule has 0 spiro atoms. The normalized spacial score (nSPS) is 11.2. The molecule has 0 bridgehead atoms. The number of ether oxygens (including phenoxy) is 1. The largest absolute Gasteiger partial charge is 0.484 e. The molecule has 0 aliphatic heterocycles. The Hall–Kier alpha value is -4.09. The molecule has 2 N–H and O–H groups in total. The van der Waals surface area contributed by atoms with Crippen molar-refractivity contribution in [2.75, 3.05) is 22.8 Å². The van der Waals surface area contributed by atoms with E-state index in [4.69, 9.17) is 39.5 Å². The van der Waals surface area contributed by atoms with Crippen LogP contribution in [0.2, 0.25) is 15.1 Å². The zero-order valence-corrected chi connectivity index (χ0v) is 24.8. The van der Waals surface area contributed by atoms with Crippen molar-refractivity contribution in [3.63, 3.8) is 0 Å². The van der Waals surface area contributed by atoms with Crippen LogP contribution >= 0.6 is 34.8 Å². The van der Waals surface area contributed by atoms with E-state index in [9.17, 15) is 18.0 Å². The summed E-state index contributed by atoms with van der Waals surface area (Å²) in [4.78, 5) is 24.9. The molecule has 4 rings (SSSR count). The molecule has 0 saturated carbocycles. The summed E-state index contributed by atoms with van der Waals surface area (Å²) in [6.45, 7) is -0.784. The van der Waals surface area contributed by atoms with Gasteiger partial charge in [0.25, 0.3) is 21.8 Å². The summed E-state index contributed by atoms with van der Waals surface area (Å²) in [6.07, 6.45) is 1.38. The fourth-order valence-corrected chi connectivity index (χ4v) is 5.50. The van der Waals surface area contributed by atoms with E-state index in [-0.39, 0.29) is 33.1 Å². The van der Waals surface area contributed by atoms with Crippen LogP contribution in [0.25, 0.3) is 0 Å². The first kappa shape index (κ1) is 30.9. The Balaban J connectivity index is 1.35. The van der Waals surface area contributed by atoms with E-state index in [1.165, 1.54) is 36.5 Å². The smallest absolute Gasteiger partial charge is 0.264 e. The molecule has 13 heteroatoms. The number of anilines is 2. The van der Waals surface area contributed by atoms with Crippen LogP contribution < -0.4 is 19.8 Å². The van der Waals surface area contributed by atoms with Crippen molar-refractivity contribution >= 4 is 74.2 Å². The maximum absolute atomic E-state index is 13.4. The van der Waals surface area contributed by atoms with Crippen LogP contribution in [0.1, 0.15) is 5.56 Å². The molecule has 0 radical (unpaired) electrons. The molecule has 0 aliphatic carbocycles. The summed E-state index contributed by atoms with van der Waals surface area (Å²) in [5, 5.41) is 7.49. The maximum atomic E-state index is 13.4. The van der Waals surface area contributed by atoms with Crippen molar-refractivity contribution in [2.45, 2.75) is 4.90 Å².